The normalized spacial score (nSPS) is 30.8. The fourth-order valence-corrected chi connectivity index (χ4v) is 2.62. The van der Waals surface area contributed by atoms with Crippen LogP contribution in [-0.4, -0.2) is 10.5 Å². The molecule has 4 heteroatoms. The van der Waals surface area contributed by atoms with Gasteiger partial charge in [0, 0.05) is 4.38 Å². The molecule has 0 amide bonds. The second kappa shape index (κ2) is 7.44. The van der Waals surface area contributed by atoms with Crippen molar-refractivity contribution in [2.75, 3.05) is 0 Å². The van der Waals surface area contributed by atoms with Crippen LogP contribution in [0.25, 0.3) is 0 Å². The average Bonchev–Trinajstić information content (AvgIpc) is 2.01. The first-order valence-corrected chi connectivity index (χ1v) is 6.20. The van der Waals surface area contributed by atoms with Gasteiger partial charge in [-0.15, -0.1) is 0 Å². The Morgan fingerprint density at radius 2 is 2.00 bits per heavy atom. The molecule has 0 radical (unpaired) electrons. The van der Waals surface area contributed by atoms with E-state index >= 15 is 0 Å². The molecule has 0 aliphatic heterocycles. The van der Waals surface area contributed by atoms with Crippen LogP contribution in [-0.2, 0) is 17.4 Å². The Balaban J connectivity index is 0.00000196. The quantitative estimate of drug-likeness (QED) is 0.398. The van der Waals surface area contributed by atoms with Gasteiger partial charge in [0.05, 0.1) is 6.10 Å². The van der Waals surface area contributed by atoms with E-state index < -0.39 is 0 Å². The Morgan fingerprint density at radius 1 is 1.40 bits per heavy atom. The molecule has 0 bridgehead atoms. The molecule has 3 unspecified atom stereocenters. The zero-order valence-electron chi connectivity index (χ0n) is 10.2. The maximum absolute atomic E-state index is 5.58. The smallest absolute Gasteiger partial charge is 0.510 e. The van der Waals surface area contributed by atoms with Gasteiger partial charge in [0.25, 0.3) is 0 Å². The Labute approximate surface area is 126 Å². The molecule has 0 N–H and O–H groups in total. The van der Waals surface area contributed by atoms with Crippen molar-refractivity contribution in [1.29, 1.82) is 0 Å². The predicted molar refractivity (Wildman–Crippen MR) is 66.2 cm³/mol. The molecular weight excluding hydrogens is 235 g/mol. The average molecular weight is 254 g/mol. The molecule has 0 aromatic rings. The van der Waals surface area contributed by atoms with Crippen molar-refractivity contribution in [3.63, 3.8) is 0 Å². The van der Waals surface area contributed by atoms with E-state index in [0.717, 1.165) is 12.3 Å². The van der Waals surface area contributed by atoms with Crippen molar-refractivity contribution in [2.45, 2.75) is 46.1 Å². The molecule has 15 heavy (non-hydrogen) atoms. The molecule has 0 saturated heterocycles. The first kappa shape index (κ1) is 16.1. The van der Waals surface area contributed by atoms with Crippen LogP contribution in [0.15, 0.2) is 0 Å². The Morgan fingerprint density at radius 3 is 2.47 bits per heavy atom. The summed E-state index contributed by atoms with van der Waals surface area (Å²) in [4.78, 5) is 0. The Kier molecular flexibility index (Phi) is 7.99. The van der Waals surface area contributed by atoms with E-state index in [2.05, 4.69) is 20.8 Å². The molecule has 0 heterocycles. The van der Waals surface area contributed by atoms with Crippen LogP contribution in [0, 0.1) is 17.8 Å². The fraction of sp³-hybridized carbons (Fsp3) is 0.909. The molecule has 0 spiro atoms. The van der Waals surface area contributed by atoms with Crippen molar-refractivity contribution >= 4 is 29.2 Å². The van der Waals surface area contributed by atoms with E-state index in [1.807, 2.05) is 0 Å². The zero-order chi connectivity index (χ0) is 10.7. The van der Waals surface area contributed by atoms with Gasteiger partial charge in [0.1, 0.15) is 0 Å². The first-order chi connectivity index (χ1) is 6.50. The molecule has 1 fully saturated rings. The summed E-state index contributed by atoms with van der Waals surface area (Å²) in [6.45, 7) is 6.78. The van der Waals surface area contributed by atoms with Gasteiger partial charge < -0.3 is 29.6 Å². The molecule has 0 aromatic heterocycles. The van der Waals surface area contributed by atoms with Gasteiger partial charge >= 0.3 is 29.6 Å². The molecule has 1 rings (SSSR count). The maximum Gasteiger partial charge on any atom is 1.00 e. The monoisotopic (exact) mass is 254 g/mol. The molecule has 1 aliphatic rings. The van der Waals surface area contributed by atoms with Crippen LogP contribution in [0.4, 0.5) is 0 Å². The minimum absolute atomic E-state index is 0. The van der Waals surface area contributed by atoms with Crippen molar-refractivity contribution in [2.24, 2.45) is 17.8 Å². The van der Waals surface area contributed by atoms with E-state index in [1.54, 1.807) is 0 Å². The summed E-state index contributed by atoms with van der Waals surface area (Å²) in [5, 5.41) is 0. The van der Waals surface area contributed by atoms with Crippen molar-refractivity contribution in [3.8, 4) is 0 Å². The third-order valence-corrected chi connectivity index (χ3v) is 3.40. The SMILES string of the molecule is CC1CCC(C(C)C)C(OC(=S)[S-])C1.[Na+]. The second-order valence-corrected chi connectivity index (χ2v) is 5.73. The van der Waals surface area contributed by atoms with Crippen LogP contribution in [0.2, 0.25) is 0 Å². The molecule has 3 atom stereocenters. The summed E-state index contributed by atoms with van der Waals surface area (Å²) >= 11 is 9.69. The van der Waals surface area contributed by atoms with E-state index in [0.29, 0.717) is 11.8 Å². The number of rotatable bonds is 2. The van der Waals surface area contributed by atoms with Gasteiger partial charge in [-0.05, 0) is 30.6 Å². The Hall–Kier alpha value is 1.11. The first-order valence-electron chi connectivity index (χ1n) is 5.38. The van der Waals surface area contributed by atoms with Gasteiger partial charge in [-0.2, -0.15) is 0 Å². The summed E-state index contributed by atoms with van der Waals surface area (Å²) in [5.74, 6) is 2.04. The standard InChI is InChI=1S/C11H20OS2.Na/c1-7(2)9-5-4-8(3)6-10(9)12-11(13)14;/h7-10H,4-6H2,1-3H3,(H,13,14);/q;+1/p-1. The van der Waals surface area contributed by atoms with Gasteiger partial charge in [0.2, 0.25) is 0 Å². The number of thiocarbonyl (C=S) groups is 1. The van der Waals surface area contributed by atoms with E-state index in [-0.39, 0.29) is 40.0 Å². The molecule has 82 valence electrons. The van der Waals surface area contributed by atoms with Crippen LogP contribution >= 0.6 is 12.2 Å². The second-order valence-electron chi connectivity index (χ2n) is 4.73. The van der Waals surface area contributed by atoms with Gasteiger partial charge in [-0.3, -0.25) is 0 Å². The van der Waals surface area contributed by atoms with Crippen molar-refractivity contribution in [3.05, 3.63) is 0 Å². The number of ether oxygens (including phenoxy) is 1. The molecule has 1 saturated carbocycles. The summed E-state index contributed by atoms with van der Waals surface area (Å²) < 4.78 is 5.87. The third-order valence-electron chi connectivity index (χ3n) is 3.21. The summed E-state index contributed by atoms with van der Waals surface area (Å²) in [6, 6.07) is 0. The third kappa shape index (κ3) is 5.31. The fourth-order valence-electron chi connectivity index (χ4n) is 2.37. The zero-order valence-corrected chi connectivity index (χ0v) is 13.8. The predicted octanol–water partition coefficient (Wildman–Crippen LogP) is 0.300. The topological polar surface area (TPSA) is 9.23 Å². The van der Waals surface area contributed by atoms with Crippen LogP contribution in [0.3, 0.4) is 0 Å². The molecular formula is C11H19NaOS2. The summed E-state index contributed by atoms with van der Waals surface area (Å²) in [5.41, 5.74) is 0. The summed E-state index contributed by atoms with van der Waals surface area (Å²) in [6.07, 6.45) is 3.94. The Bertz CT molecular complexity index is 209. The molecule has 1 aliphatic carbocycles. The minimum atomic E-state index is 0. The number of hydrogen-bond donors (Lipinski definition) is 0. The largest absolute Gasteiger partial charge is 1.00 e. The number of hydrogen-bond acceptors (Lipinski definition) is 3. The summed E-state index contributed by atoms with van der Waals surface area (Å²) in [7, 11) is 0. The maximum atomic E-state index is 5.58. The van der Waals surface area contributed by atoms with E-state index in [4.69, 9.17) is 29.6 Å². The van der Waals surface area contributed by atoms with Gasteiger partial charge in [0.15, 0.2) is 0 Å². The van der Waals surface area contributed by atoms with Crippen LogP contribution < -0.4 is 29.6 Å². The van der Waals surface area contributed by atoms with Gasteiger partial charge in [-0.1, -0.05) is 27.2 Å². The van der Waals surface area contributed by atoms with E-state index in [9.17, 15) is 0 Å². The van der Waals surface area contributed by atoms with Crippen LogP contribution in [0.5, 0.6) is 0 Å². The van der Waals surface area contributed by atoms with Gasteiger partial charge in [-0.25, -0.2) is 0 Å². The minimum Gasteiger partial charge on any atom is -0.510 e. The van der Waals surface area contributed by atoms with Crippen LogP contribution in [0.1, 0.15) is 40.0 Å². The van der Waals surface area contributed by atoms with Crippen molar-refractivity contribution < 1.29 is 34.3 Å². The molecule has 1 nitrogen and oxygen atoms in total. The molecule has 0 aromatic carbocycles. The van der Waals surface area contributed by atoms with Crippen molar-refractivity contribution in [1.82, 2.24) is 0 Å². The van der Waals surface area contributed by atoms with E-state index in [1.165, 1.54) is 12.8 Å².